The summed E-state index contributed by atoms with van der Waals surface area (Å²) in [5.74, 6) is 0.982. The van der Waals surface area contributed by atoms with Gasteiger partial charge in [0.1, 0.15) is 11.6 Å². The van der Waals surface area contributed by atoms with Crippen molar-refractivity contribution in [3.8, 4) is 11.4 Å². The molecule has 0 spiro atoms. The number of nitrogens with zero attached hydrogens (tertiary/aromatic N) is 2. The van der Waals surface area contributed by atoms with E-state index in [9.17, 15) is 9.59 Å². The molecule has 0 aliphatic rings. The molecule has 7 nitrogen and oxygen atoms in total. The van der Waals surface area contributed by atoms with Crippen LogP contribution < -0.4 is 15.4 Å². The van der Waals surface area contributed by atoms with Crippen LogP contribution in [0.15, 0.2) is 30.3 Å². The van der Waals surface area contributed by atoms with Gasteiger partial charge in [0, 0.05) is 30.4 Å². The van der Waals surface area contributed by atoms with E-state index in [0.717, 1.165) is 23.6 Å². The smallest absolute Gasteiger partial charge is 0.226 e. The molecule has 7 heteroatoms. The fourth-order valence-corrected chi connectivity index (χ4v) is 2.64. The monoisotopic (exact) mass is 400 g/mol. The van der Waals surface area contributed by atoms with Gasteiger partial charge in [0.25, 0.3) is 0 Å². The highest BCUT2D eigenvalue weighted by molar-refractivity contribution is 5.92. The molecule has 1 aromatic heterocycles. The van der Waals surface area contributed by atoms with Crippen molar-refractivity contribution in [3.05, 3.63) is 36.0 Å². The second-order valence-corrected chi connectivity index (χ2v) is 8.20. The highest BCUT2D eigenvalue weighted by atomic mass is 16.5. The van der Waals surface area contributed by atoms with Crippen molar-refractivity contribution in [2.24, 2.45) is 0 Å². The first-order valence-electron chi connectivity index (χ1n) is 9.98. The summed E-state index contributed by atoms with van der Waals surface area (Å²) >= 11 is 0. The summed E-state index contributed by atoms with van der Waals surface area (Å²) in [5.41, 5.74) is 1.50. The van der Waals surface area contributed by atoms with Crippen LogP contribution in [0.5, 0.6) is 5.75 Å². The first kappa shape index (κ1) is 22.5. The van der Waals surface area contributed by atoms with Gasteiger partial charge in [0.05, 0.1) is 18.5 Å². The van der Waals surface area contributed by atoms with Gasteiger partial charge in [-0.15, -0.1) is 0 Å². The molecule has 0 fully saturated rings. The van der Waals surface area contributed by atoms with Crippen LogP contribution in [-0.2, 0) is 15.0 Å². The highest BCUT2D eigenvalue weighted by Gasteiger charge is 2.21. The van der Waals surface area contributed by atoms with E-state index in [1.165, 1.54) is 0 Å². The van der Waals surface area contributed by atoms with Gasteiger partial charge in [-0.1, -0.05) is 27.7 Å². The zero-order chi connectivity index (χ0) is 21.6. The summed E-state index contributed by atoms with van der Waals surface area (Å²) in [6.45, 7) is 10.2. The van der Waals surface area contributed by atoms with Crippen LogP contribution in [0.25, 0.3) is 5.69 Å². The zero-order valence-electron chi connectivity index (χ0n) is 18.2. The van der Waals surface area contributed by atoms with Gasteiger partial charge in [-0.05, 0) is 37.6 Å². The number of amides is 2. The number of nitrogens with one attached hydrogen (secondary N) is 2. The van der Waals surface area contributed by atoms with Crippen LogP contribution in [0.4, 0.5) is 5.82 Å². The molecule has 1 atom stereocenters. The second-order valence-electron chi connectivity index (χ2n) is 8.20. The Kier molecular flexibility index (Phi) is 7.42. The van der Waals surface area contributed by atoms with E-state index < -0.39 is 0 Å². The van der Waals surface area contributed by atoms with Gasteiger partial charge in [-0.25, -0.2) is 4.68 Å². The van der Waals surface area contributed by atoms with E-state index in [4.69, 9.17) is 4.74 Å². The summed E-state index contributed by atoms with van der Waals surface area (Å²) in [6, 6.07) is 9.44. The second kappa shape index (κ2) is 9.58. The minimum Gasteiger partial charge on any atom is -0.497 e. The SMILES string of the molecule is CC[C@@H](C)NC(=O)CCC(=O)Nc1cc(C(C)(C)C)nn1-c1ccc(OC)cc1. The number of hydrogen-bond donors (Lipinski definition) is 2. The number of rotatable bonds is 8. The molecule has 0 saturated carbocycles. The first-order valence-corrected chi connectivity index (χ1v) is 9.98. The van der Waals surface area contributed by atoms with Gasteiger partial charge in [-0.3, -0.25) is 9.59 Å². The van der Waals surface area contributed by atoms with Crippen molar-refractivity contribution < 1.29 is 14.3 Å². The lowest BCUT2D eigenvalue weighted by Crippen LogP contribution is -2.32. The van der Waals surface area contributed by atoms with Crippen molar-refractivity contribution in [2.75, 3.05) is 12.4 Å². The van der Waals surface area contributed by atoms with E-state index in [2.05, 4.69) is 36.5 Å². The van der Waals surface area contributed by atoms with E-state index in [1.54, 1.807) is 11.8 Å². The lowest BCUT2D eigenvalue weighted by atomic mass is 9.92. The molecule has 2 rings (SSSR count). The Morgan fingerprint density at radius 3 is 2.31 bits per heavy atom. The molecule has 158 valence electrons. The van der Waals surface area contributed by atoms with E-state index >= 15 is 0 Å². The maximum absolute atomic E-state index is 12.5. The van der Waals surface area contributed by atoms with Gasteiger partial charge in [-0.2, -0.15) is 5.10 Å². The van der Waals surface area contributed by atoms with Crippen LogP contribution in [0.1, 0.15) is 59.6 Å². The largest absolute Gasteiger partial charge is 0.497 e. The topological polar surface area (TPSA) is 85.3 Å². The van der Waals surface area contributed by atoms with Crippen LogP contribution in [0.3, 0.4) is 0 Å². The highest BCUT2D eigenvalue weighted by Crippen LogP contribution is 2.27. The quantitative estimate of drug-likeness (QED) is 0.706. The summed E-state index contributed by atoms with van der Waals surface area (Å²) in [4.78, 5) is 24.4. The molecule has 0 aliphatic carbocycles. The first-order chi connectivity index (χ1) is 13.6. The van der Waals surface area contributed by atoms with Crippen molar-refractivity contribution in [1.82, 2.24) is 15.1 Å². The molecule has 2 aromatic rings. The summed E-state index contributed by atoms with van der Waals surface area (Å²) in [5, 5.41) is 10.5. The predicted molar refractivity (Wildman–Crippen MR) is 115 cm³/mol. The number of ether oxygens (including phenoxy) is 1. The summed E-state index contributed by atoms with van der Waals surface area (Å²) in [7, 11) is 1.61. The number of methoxy groups -OCH3 is 1. The average Bonchev–Trinajstić information content (AvgIpc) is 3.10. The lowest BCUT2D eigenvalue weighted by molar-refractivity contribution is -0.124. The minimum absolute atomic E-state index is 0.108. The molecule has 0 radical (unpaired) electrons. The van der Waals surface area contributed by atoms with Crippen molar-refractivity contribution in [2.45, 2.75) is 65.3 Å². The Morgan fingerprint density at radius 2 is 1.76 bits per heavy atom. The standard InChI is InChI=1S/C22H32N4O3/c1-7-15(2)23-20(27)12-13-21(28)24-19-14-18(22(3,4)5)25-26(19)16-8-10-17(29-6)11-9-16/h8-11,14-15H,7,12-13H2,1-6H3,(H,23,27)(H,24,28)/t15-/m1/s1. The predicted octanol–water partition coefficient (Wildman–Crippen LogP) is 3.81. The third kappa shape index (κ3) is 6.34. The molecule has 0 bridgehead atoms. The molecule has 1 aromatic carbocycles. The Morgan fingerprint density at radius 1 is 1.14 bits per heavy atom. The third-order valence-corrected chi connectivity index (χ3v) is 4.66. The Labute approximate surface area is 172 Å². The fraction of sp³-hybridized carbons (Fsp3) is 0.500. The van der Waals surface area contributed by atoms with Crippen molar-refractivity contribution in [3.63, 3.8) is 0 Å². The van der Waals surface area contributed by atoms with Crippen LogP contribution >= 0.6 is 0 Å². The molecule has 2 N–H and O–H groups in total. The average molecular weight is 401 g/mol. The molecule has 0 aliphatic heterocycles. The van der Waals surface area contributed by atoms with E-state index in [0.29, 0.717) is 5.82 Å². The maximum atomic E-state index is 12.5. The fourth-order valence-electron chi connectivity index (χ4n) is 2.64. The van der Waals surface area contributed by atoms with E-state index in [1.807, 2.05) is 44.2 Å². The normalized spacial score (nSPS) is 12.3. The number of carbonyl (C=O) groups is 2. The molecular weight excluding hydrogens is 368 g/mol. The van der Waals surface area contributed by atoms with Crippen LogP contribution in [0, 0.1) is 0 Å². The Hall–Kier alpha value is -2.83. The Bertz CT molecular complexity index is 835. The van der Waals surface area contributed by atoms with Crippen molar-refractivity contribution >= 4 is 17.6 Å². The molecule has 0 saturated heterocycles. The van der Waals surface area contributed by atoms with Gasteiger partial charge in [0.2, 0.25) is 11.8 Å². The minimum atomic E-state index is -0.223. The molecule has 29 heavy (non-hydrogen) atoms. The van der Waals surface area contributed by atoms with Crippen molar-refractivity contribution in [1.29, 1.82) is 0 Å². The number of carbonyl (C=O) groups excluding carboxylic acids is 2. The number of aromatic nitrogens is 2. The Balaban J connectivity index is 2.16. The summed E-state index contributed by atoms with van der Waals surface area (Å²) < 4.78 is 6.92. The van der Waals surface area contributed by atoms with Gasteiger partial charge in [0.15, 0.2) is 0 Å². The number of hydrogen-bond acceptors (Lipinski definition) is 4. The molecule has 1 heterocycles. The van der Waals surface area contributed by atoms with Crippen LogP contribution in [-0.4, -0.2) is 34.7 Å². The molecular formula is C22H32N4O3. The zero-order valence-corrected chi connectivity index (χ0v) is 18.2. The molecule has 0 unspecified atom stereocenters. The van der Waals surface area contributed by atoms with Gasteiger partial charge >= 0.3 is 0 Å². The van der Waals surface area contributed by atoms with Crippen LogP contribution in [0.2, 0.25) is 0 Å². The number of benzene rings is 1. The van der Waals surface area contributed by atoms with Gasteiger partial charge < -0.3 is 15.4 Å². The van der Waals surface area contributed by atoms with E-state index in [-0.39, 0.29) is 36.1 Å². The molecule has 2 amide bonds. The third-order valence-electron chi connectivity index (χ3n) is 4.66. The lowest BCUT2D eigenvalue weighted by Gasteiger charge is -2.14. The summed E-state index contributed by atoms with van der Waals surface area (Å²) in [6.07, 6.45) is 1.12. The number of anilines is 1. The maximum Gasteiger partial charge on any atom is 0.226 e.